The molecule has 1 aliphatic rings. The van der Waals surface area contributed by atoms with Crippen LogP contribution in [0.5, 0.6) is 0 Å². The average Bonchev–Trinajstić information content (AvgIpc) is 2.79. The number of rotatable bonds is 3. The van der Waals surface area contributed by atoms with Crippen molar-refractivity contribution in [1.29, 1.82) is 0 Å². The summed E-state index contributed by atoms with van der Waals surface area (Å²) in [5, 5.41) is 0. The van der Waals surface area contributed by atoms with Crippen LogP contribution in [-0.4, -0.2) is 54.8 Å². The second-order valence-electron chi connectivity index (χ2n) is 5.59. The maximum atomic E-state index is 12.3. The second kappa shape index (κ2) is 6.60. The summed E-state index contributed by atoms with van der Waals surface area (Å²) in [4.78, 5) is 36.6. The Bertz CT molecular complexity index is 451. The summed E-state index contributed by atoms with van der Waals surface area (Å²) >= 11 is 0. The number of nitrogens with zero attached hydrogens (tertiary/aromatic N) is 1. The van der Waals surface area contributed by atoms with Crippen LogP contribution in [0.15, 0.2) is 12.2 Å². The minimum absolute atomic E-state index is 0.0558. The quantitative estimate of drug-likeness (QED) is 0.443. The molecule has 0 aromatic carbocycles. The van der Waals surface area contributed by atoms with E-state index >= 15 is 0 Å². The number of amides is 1. The van der Waals surface area contributed by atoms with Crippen molar-refractivity contribution in [1.82, 2.24) is 4.90 Å². The van der Waals surface area contributed by atoms with Gasteiger partial charge in [0.2, 0.25) is 0 Å². The fourth-order valence-electron chi connectivity index (χ4n) is 1.92. The molecule has 0 fully saturated rings. The van der Waals surface area contributed by atoms with E-state index in [-0.39, 0.29) is 6.42 Å². The van der Waals surface area contributed by atoms with Crippen LogP contribution in [0.4, 0.5) is 4.79 Å². The molecule has 0 N–H and O–H groups in total. The minimum atomic E-state index is -0.903. The van der Waals surface area contributed by atoms with Crippen LogP contribution in [0.1, 0.15) is 27.2 Å². The largest absolute Gasteiger partial charge is 0.469 e. The first kappa shape index (κ1) is 17.0. The Morgan fingerprint density at radius 1 is 1.10 bits per heavy atom. The van der Waals surface area contributed by atoms with Gasteiger partial charge in [-0.25, -0.2) is 9.59 Å². The Labute approximate surface area is 123 Å². The molecule has 1 rings (SSSR count). The first-order valence-electron chi connectivity index (χ1n) is 6.54. The molecule has 0 aliphatic carbocycles. The molecule has 1 amide bonds. The highest BCUT2D eigenvalue weighted by molar-refractivity contribution is 5.85. The summed E-state index contributed by atoms with van der Waals surface area (Å²) in [6.45, 7) is 5.16. The molecule has 0 unspecified atom stereocenters. The van der Waals surface area contributed by atoms with Gasteiger partial charge in [0, 0.05) is 0 Å². The molecule has 118 valence electrons. The van der Waals surface area contributed by atoms with E-state index in [2.05, 4.69) is 9.47 Å². The van der Waals surface area contributed by atoms with Crippen LogP contribution in [0.25, 0.3) is 0 Å². The van der Waals surface area contributed by atoms with Gasteiger partial charge in [0.1, 0.15) is 5.60 Å². The lowest BCUT2D eigenvalue weighted by molar-refractivity contribution is -0.147. The summed E-state index contributed by atoms with van der Waals surface area (Å²) in [5.74, 6) is -1.08. The average molecular weight is 299 g/mol. The summed E-state index contributed by atoms with van der Waals surface area (Å²) in [6.07, 6.45) is 2.38. The van der Waals surface area contributed by atoms with Crippen LogP contribution in [0, 0.1) is 0 Å². The van der Waals surface area contributed by atoms with Crippen molar-refractivity contribution < 1.29 is 28.6 Å². The fraction of sp³-hybridized carbons (Fsp3) is 0.643. The van der Waals surface area contributed by atoms with Crippen molar-refractivity contribution in [2.24, 2.45) is 0 Å². The predicted molar refractivity (Wildman–Crippen MR) is 73.4 cm³/mol. The first-order valence-corrected chi connectivity index (χ1v) is 6.54. The highest BCUT2D eigenvalue weighted by Crippen LogP contribution is 2.24. The normalized spacial score (nSPS) is 21.1. The number of hydrogen-bond acceptors (Lipinski definition) is 6. The van der Waals surface area contributed by atoms with Gasteiger partial charge in [0.25, 0.3) is 0 Å². The Morgan fingerprint density at radius 2 is 1.71 bits per heavy atom. The monoisotopic (exact) mass is 299 g/mol. The van der Waals surface area contributed by atoms with Crippen molar-refractivity contribution in [2.45, 2.75) is 44.9 Å². The molecule has 0 spiro atoms. The number of carbonyl (C=O) groups is 3. The van der Waals surface area contributed by atoms with Crippen LogP contribution in [0.3, 0.4) is 0 Å². The molecule has 0 aromatic heterocycles. The molecule has 0 aromatic rings. The molecular weight excluding hydrogens is 278 g/mol. The van der Waals surface area contributed by atoms with Gasteiger partial charge in [-0.15, -0.1) is 0 Å². The summed E-state index contributed by atoms with van der Waals surface area (Å²) in [6, 6.07) is -1.50. The van der Waals surface area contributed by atoms with Crippen LogP contribution in [-0.2, 0) is 23.8 Å². The van der Waals surface area contributed by atoms with Crippen LogP contribution >= 0.6 is 0 Å². The van der Waals surface area contributed by atoms with Gasteiger partial charge in [-0.1, -0.05) is 12.2 Å². The first-order chi connectivity index (χ1) is 9.69. The summed E-state index contributed by atoms with van der Waals surface area (Å²) < 4.78 is 14.5. The predicted octanol–water partition coefficient (Wildman–Crippen LogP) is 1.27. The van der Waals surface area contributed by atoms with E-state index < -0.39 is 35.7 Å². The molecule has 21 heavy (non-hydrogen) atoms. The van der Waals surface area contributed by atoms with Gasteiger partial charge < -0.3 is 14.2 Å². The molecule has 0 radical (unpaired) electrons. The Balaban J connectivity index is 2.94. The summed E-state index contributed by atoms with van der Waals surface area (Å²) in [5.41, 5.74) is -0.712. The molecule has 1 aliphatic heterocycles. The van der Waals surface area contributed by atoms with Gasteiger partial charge in [-0.3, -0.25) is 9.69 Å². The maximum Gasteiger partial charge on any atom is 0.411 e. The third-order valence-corrected chi connectivity index (χ3v) is 2.82. The number of methoxy groups -OCH3 is 2. The lowest BCUT2D eigenvalue weighted by Crippen LogP contribution is -2.48. The van der Waals surface area contributed by atoms with E-state index in [0.29, 0.717) is 0 Å². The molecule has 0 bridgehead atoms. The van der Waals surface area contributed by atoms with E-state index in [1.54, 1.807) is 26.8 Å². The third kappa shape index (κ3) is 4.47. The van der Waals surface area contributed by atoms with Crippen molar-refractivity contribution >= 4 is 18.0 Å². The van der Waals surface area contributed by atoms with Gasteiger partial charge in [0.05, 0.1) is 26.7 Å². The highest BCUT2D eigenvalue weighted by atomic mass is 16.6. The molecule has 7 nitrogen and oxygen atoms in total. The molecule has 0 saturated heterocycles. The zero-order valence-electron chi connectivity index (χ0n) is 12.9. The van der Waals surface area contributed by atoms with E-state index in [1.807, 2.05) is 0 Å². The lowest BCUT2D eigenvalue weighted by atomic mass is 10.2. The zero-order valence-corrected chi connectivity index (χ0v) is 12.9. The van der Waals surface area contributed by atoms with E-state index in [4.69, 9.17) is 4.74 Å². The number of ether oxygens (including phenoxy) is 3. The van der Waals surface area contributed by atoms with Crippen molar-refractivity contribution in [2.75, 3.05) is 14.2 Å². The smallest absolute Gasteiger partial charge is 0.411 e. The highest BCUT2D eigenvalue weighted by Gasteiger charge is 2.40. The Kier molecular flexibility index (Phi) is 5.34. The third-order valence-electron chi connectivity index (χ3n) is 2.82. The number of hydrogen-bond donors (Lipinski definition) is 0. The standard InChI is InChI=1S/C14H21NO6/c1-14(2,3)21-13(18)15-9(8-11(16)19-4)6-7-10(15)12(17)20-5/h6-7,9-10H,8H2,1-5H3/t9-,10+/m0/s1. The SMILES string of the molecule is COC(=O)C[C@@H]1C=C[C@H](C(=O)OC)N1C(=O)OC(C)(C)C. The number of esters is 2. The van der Waals surface area contributed by atoms with Crippen molar-refractivity contribution in [3.8, 4) is 0 Å². The minimum Gasteiger partial charge on any atom is -0.469 e. The van der Waals surface area contributed by atoms with E-state index in [1.165, 1.54) is 25.2 Å². The van der Waals surface area contributed by atoms with Crippen LogP contribution in [0.2, 0.25) is 0 Å². The molecule has 2 atom stereocenters. The van der Waals surface area contributed by atoms with Gasteiger partial charge in [0.15, 0.2) is 6.04 Å². The van der Waals surface area contributed by atoms with E-state index in [9.17, 15) is 14.4 Å². The summed E-state index contributed by atoms with van der Waals surface area (Å²) in [7, 11) is 2.49. The van der Waals surface area contributed by atoms with Crippen molar-refractivity contribution in [3.05, 3.63) is 12.2 Å². The van der Waals surface area contributed by atoms with Crippen molar-refractivity contribution in [3.63, 3.8) is 0 Å². The van der Waals surface area contributed by atoms with Gasteiger partial charge in [-0.05, 0) is 20.8 Å². The van der Waals surface area contributed by atoms with Gasteiger partial charge >= 0.3 is 18.0 Å². The lowest BCUT2D eigenvalue weighted by Gasteiger charge is -2.31. The number of carbonyl (C=O) groups excluding carboxylic acids is 3. The van der Waals surface area contributed by atoms with E-state index in [0.717, 1.165) is 0 Å². The molecule has 7 heteroatoms. The molecule has 0 saturated carbocycles. The van der Waals surface area contributed by atoms with Gasteiger partial charge in [-0.2, -0.15) is 0 Å². The molecular formula is C14H21NO6. The Morgan fingerprint density at radius 3 is 2.19 bits per heavy atom. The topological polar surface area (TPSA) is 82.1 Å². The fourth-order valence-corrected chi connectivity index (χ4v) is 1.92. The molecule has 1 heterocycles. The maximum absolute atomic E-state index is 12.3. The Hall–Kier alpha value is -2.05. The van der Waals surface area contributed by atoms with Crippen LogP contribution < -0.4 is 0 Å². The second-order valence-corrected chi connectivity index (χ2v) is 5.59. The zero-order chi connectivity index (χ0) is 16.2.